The van der Waals surface area contributed by atoms with Crippen LogP contribution in [-0.2, 0) is 26.0 Å². The number of aliphatic imine (C=N–C) groups is 1. The van der Waals surface area contributed by atoms with Gasteiger partial charge in [-0.2, -0.15) is 0 Å². The molecule has 0 radical (unpaired) electrons. The second-order valence-electron chi connectivity index (χ2n) is 9.11. The van der Waals surface area contributed by atoms with Crippen molar-refractivity contribution in [2.24, 2.45) is 4.99 Å². The normalized spacial score (nSPS) is 15.0. The molecular formula is C30H26N3NaO5S2. The number of methoxy groups -OCH3 is 1. The molecule has 1 heterocycles. The molecule has 5 rings (SSSR count). The van der Waals surface area contributed by atoms with E-state index in [9.17, 15) is 18.0 Å². The molecule has 0 unspecified atom stereocenters. The number of nitrogens with zero attached hydrogens (tertiary/aromatic N) is 1. The number of thioether (sulfide) groups is 1. The van der Waals surface area contributed by atoms with Crippen LogP contribution in [0.15, 0.2) is 99.7 Å². The maximum atomic E-state index is 12.6. The van der Waals surface area contributed by atoms with Gasteiger partial charge < -0.3 is 11.5 Å². The summed E-state index contributed by atoms with van der Waals surface area (Å²) in [6.45, 7) is 1.85. The molecule has 1 saturated heterocycles. The van der Waals surface area contributed by atoms with Gasteiger partial charge in [0.1, 0.15) is 5.75 Å². The van der Waals surface area contributed by atoms with Crippen molar-refractivity contribution < 1.29 is 53.7 Å². The van der Waals surface area contributed by atoms with E-state index >= 15 is 0 Å². The molecule has 4 aromatic rings. The van der Waals surface area contributed by atoms with Crippen molar-refractivity contribution in [3.8, 4) is 5.75 Å². The monoisotopic (exact) mass is 595 g/mol. The quantitative estimate of drug-likeness (QED) is 0.250. The average molecular weight is 596 g/mol. The van der Waals surface area contributed by atoms with Gasteiger partial charge in [-0.25, -0.2) is 18.1 Å². The van der Waals surface area contributed by atoms with Gasteiger partial charge in [-0.3, -0.25) is 9.59 Å². The zero-order valence-electron chi connectivity index (χ0n) is 23.7. The number of nitrogens with one attached hydrogen (secondary N) is 2. The zero-order chi connectivity index (χ0) is 28.3. The zero-order valence-corrected chi connectivity index (χ0v) is 26.3. The molecule has 8 nitrogen and oxygen atoms in total. The van der Waals surface area contributed by atoms with Gasteiger partial charge in [0.25, 0.3) is 15.9 Å². The maximum absolute atomic E-state index is 12.6. The summed E-state index contributed by atoms with van der Waals surface area (Å²) in [6.07, 6.45) is 1.66. The predicted molar refractivity (Wildman–Crippen MR) is 159 cm³/mol. The molecule has 41 heavy (non-hydrogen) atoms. The Balaban J connectivity index is 0.00000242. The van der Waals surface area contributed by atoms with E-state index in [2.05, 4.69) is 15.0 Å². The number of carbonyl (C=O) groups is 2. The Labute approximate surface area is 266 Å². The van der Waals surface area contributed by atoms with Crippen LogP contribution in [0.4, 0.5) is 5.69 Å². The average Bonchev–Trinajstić information content (AvgIpc) is 3.27. The van der Waals surface area contributed by atoms with E-state index in [1.165, 1.54) is 23.9 Å². The number of fused-ring (bicyclic) bond motifs is 1. The van der Waals surface area contributed by atoms with Crippen LogP contribution in [0.2, 0.25) is 0 Å². The van der Waals surface area contributed by atoms with Crippen LogP contribution in [0.25, 0.3) is 16.8 Å². The molecule has 0 bridgehead atoms. The van der Waals surface area contributed by atoms with E-state index in [1.807, 2.05) is 43.3 Å². The molecule has 4 aromatic carbocycles. The summed E-state index contributed by atoms with van der Waals surface area (Å²) in [4.78, 5) is 30.0. The topological polar surface area (TPSA) is 114 Å². The number of hydrogen-bond acceptors (Lipinski definition) is 7. The molecule has 11 heteroatoms. The fraction of sp³-hybridized carbons (Fsp3) is 0.100. The first-order valence-electron chi connectivity index (χ1n) is 12.3. The van der Waals surface area contributed by atoms with Crippen molar-refractivity contribution in [2.45, 2.75) is 18.2 Å². The predicted octanol–water partition coefficient (Wildman–Crippen LogP) is 2.21. The Morgan fingerprint density at radius 1 is 1.02 bits per heavy atom. The molecule has 0 spiro atoms. The minimum Gasteiger partial charge on any atom is -1.00 e. The van der Waals surface area contributed by atoms with Crippen molar-refractivity contribution in [1.29, 1.82) is 0 Å². The van der Waals surface area contributed by atoms with Crippen molar-refractivity contribution in [2.75, 3.05) is 7.11 Å². The third-order valence-electron chi connectivity index (χ3n) is 6.15. The van der Waals surface area contributed by atoms with E-state index in [-0.39, 0.29) is 48.2 Å². The Bertz CT molecular complexity index is 1790. The maximum Gasteiger partial charge on any atom is 1.00 e. The summed E-state index contributed by atoms with van der Waals surface area (Å²) >= 11 is 1.22. The fourth-order valence-corrected chi connectivity index (χ4v) is 5.92. The molecule has 0 atom stereocenters. The molecule has 0 aromatic heterocycles. The molecule has 2 N–H and O–H groups in total. The number of carbonyl (C=O) groups excluding carboxylic acids is 2. The number of aryl methyl sites for hydroxylation is 1. The summed E-state index contributed by atoms with van der Waals surface area (Å²) in [5.74, 6) is -0.240. The molecule has 1 fully saturated rings. The summed E-state index contributed by atoms with van der Waals surface area (Å²) in [5.41, 5.74) is 2.89. The van der Waals surface area contributed by atoms with Crippen LogP contribution in [-0.4, -0.2) is 32.5 Å². The third kappa shape index (κ3) is 7.46. The molecular weight excluding hydrogens is 569 g/mol. The van der Waals surface area contributed by atoms with Gasteiger partial charge in [-0.1, -0.05) is 54.1 Å². The standard InChI is InChI=1S/C30H25N3O5S2.Na.H/c1-19-7-13-25(14-8-19)40(36,37)33-28(34)15-20-9-11-24(12-10-20)31-30-32-29(35)27(39-30)18-23-16-21-5-3-4-6-22(21)17-26(23)38-2;;/h3-14,16-18H,15H2,1-2H3,(H,33,34)(H,31,32,35);;/q;+1;-1/b27-18-;;. The molecule has 2 amide bonds. The van der Waals surface area contributed by atoms with Crippen LogP contribution >= 0.6 is 11.8 Å². The number of benzene rings is 4. The van der Waals surface area contributed by atoms with E-state index in [4.69, 9.17) is 4.74 Å². The fourth-order valence-electron chi connectivity index (χ4n) is 4.10. The van der Waals surface area contributed by atoms with Gasteiger partial charge in [0.2, 0.25) is 5.91 Å². The number of ether oxygens (including phenoxy) is 1. The minimum absolute atomic E-state index is 0. The second kappa shape index (κ2) is 13.1. The van der Waals surface area contributed by atoms with E-state index in [1.54, 1.807) is 49.6 Å². The van der Waals surface area contributed by atoms with E-state index < -0.39 is 15.9 Å². The first-order chi connectivity index (χ1) is 19.2. The summed E-state index contributed by atoms with van der Waals surface area (Å²) in [5, 5.41) is 5.27. The van der Waals surface area contributed by atoms with Gasteiger partial charge >= 0.3 is 29.6 Å². The molecule has 0 aliphatic carbocycles. The Morgan fingerprint density at radius 2 is 1.68 bits per heavy atom. The number of rotatable bonds is 7. The Morgan fingerprint density at radius 3 is 2.34 bits per heavy atom. The minimum atomic E-state index is -3.95. The van der Waals surface area contributed by atoms with Crippen molar-refractivity contribution in [1.82, 2.24) is 10.0 Å². The van der Waals surface area contributed by atoms with Gasteiger partial charge in [-0.05, 0) is 77.5 Å². The number of hydrogen-bond donors (Lipinski definition) is 2. The van der Waals surface area contributed by atoms with E-state index in [0.29, 0.717) is 27.1 Å². The molecule has 1 aliphatic rings. The molecule has 204 valence electrons. The number of amidine groups is 1. The summed E-state index contributed by atoms with van der Waals surface area (Å²) in [7, 11) is -2.35. The first kappa shape index (κ1) is 30.5. The Kier molecular flexibility index (Phi) is 9.72. The van der Waals surface area contributed by atoms with Crippen molar-refractivity contribution in [3.63, 3.8) is 0 Å². The second-order valence-corrected chi connectivity index (χ2v) is 11.8. The number of sulfonamides is 1. The summed E-state index contributed by atoms with van der Waals surface area (Å²) < 4.78 is 32.5. The van der Waals surface area contributed by atoms with Gasteiger partial charge in [0, 0.05) is 5.56 Å². The van der Waals surface area contributed by atoms with E-state index in [0.717, 1.165) is 21.9 Å². The first-order valence-corrected chi connectivity index (χ1v) is 14.6. The van der Waals surface area contributed by atoms with Crippen LogP contribution in [0.3, 0.4) is 0 Å². The van der Waals surface area contributed by atoms with Crippen LogP contribution in [0, 0.1) is 6.92 Å². The van der Waals surface area contributed by atoms with Gasteiger partial charge in [-0.15, -0.1) is 0 Å². The van der Waals surface area contributed by atoms with Gasteiger partial charge in [0.15, 0.2) is 5.17 Å². The van der Waals surface area contributed by atoms with Gasteiger partial charge in [0.05, 0.1) is 29.0 Å². The smallest absolute Gasteiger partial charge is 1.00 e. The largest absolute Gasteiger partial charge is 1.00 e. The molecule has 0 saturated carbocycles. The van der Waals surface area contributed by atoms with Crippen molar-refractivity contribution >= 4 is 61.3 Å². The third-order valence-corrected chi connectivity index (χ3v) is 8.45. The van der Waals surface area contributed by atoms with Crippen LogP contribution in [0.5, 0.6) is 5.75 Å². The summed E-state index contributed by atoms with van der Waals surface area (Å²) in [6, 6.07) is 24.9. The molecule has 1 aliphatic heterocycles. The van der Waals surface area contributed by atoms with Crippen molar-refractivity contribution in [3.05, 3.63) is 107 Å². The SMILES string of the molecule is COc1cc2ccccc2cc1/C=C1\SC(=Nc2ccc(CC(=O)NS(=O)(=O)c3ccc(C)cc3)cc2)NC1=O.[H-].[Na+]. The Hall–Kier alpha value is -3.41. The van der Waals surface area contributed by atoms with Crippen LogP contribution in [0.1, 0.15) is 18.1 Å². The van der Waals surface area contributed by atoms with Crippen LogP contribution < -0.4 is 44.3 Å². The number of amides is 2.